The van der Waals surface area contributed by atoms with Gasteiger partial charge in [0.2, 0.25) is 0 Å². The minimum absolute atomic E-state index is 0.180. The SMILES string of the molecule is O=C(O)C1CCN(C(c2cccc(F)c2)c2ccco2)CC1. The first-order valence-electron chi connectivity index (χ1n) is 7.41. The van der Waals surface area contributed by atoms with Gasteiger partial charge < -0.3 is 9.52 Å². The van der Waals surface area contributed by atoms with E-state index in [2.05, 4.69) is 4.90 Å². The van der Waals surface area contributed by atoms with E-state index in [0.29, 0.717) is 25.9 Å². The molecule has 1 saturated heterocycles. The first kappa shape index (κ1) is 14.8. The number of likely N-dealkylation sites (tertiary alicyclic amines) is 1. The average molecular weight is 303 g/mol. The first-order valence-corrected chi connectivity index (χ1v) is 7.41. The second kappa shape index (κ2) is 6.32. The second-order valence-electron chi connectivity index (χ2n) is 5.62. The summed E-state index contributed by atoms with van der Waals surface area (Å²) in [6.45, 7) is 1.30. The number of carbonyl (C=O) groups is 1. The van der Waals surface area contributed by atoms with Gasteiger partial charge in [-0.25, -0.2) is 4.39 Å². The number of piperidine rings is 1. The highest BCUT2D eigenvalue weighted by atomic mass is 19.1. The second-order valence-corrected chi connectivity index (χ2v) is 5.62. The molecule has 1 aliphatic rings. The van der Waals surface area contributed by atoms with Crippen molar-refractivity contribution in [3.63, 3.8) is 0 Å². The van der Waals surface area contributed by atoms with E-state index in [9.17, 15) is 9.18 Å². The third-order valence-corrected chi connectivity index (χ3v) is 4.22. The van der Waals surface area contributed by atoms with Crippen molar-refractivity contribution >= 4 is 5.97 Å². The lowest BCUT2D eigenvalue weighted by Gasteiger charge is -2.35. The third-order valence-electron chi connectivity index (χ3n) is 4.22. The molecule has 5 heteroatoms. The monoisotopic (exact) mass is 303 g/mol. The Morgan fingerprint density at radius 3 is 2.64 bits per heavy atom. The van der Waals surface area contributed by atoms with Gasteiger partial charge in [0.05, 0.1) is 18.2 Å². The Morgan fingerprint density at radius 1 is 1.27 bits per heavy atom. The minimum atomic E-state index is -0.736. The Morgan fingerprint density at radius 2 is 2.05 bits per heavy atom. The van der Waals surface area contributed by atoms with Gasteiger partial charge in [0, 0.05) is 0 Å². The van der Waals surface area contributed by atoms with Crippen LogP contribution in [0.5, 0.6) is 0 Å². The van der Waals surface area contributed by atoms with Crippen molar-refractivity contribution in [2.24, 2.45) is 5.92 Å². The van der Waals surface area contributed by atoms with Crippen molar-refractivity contribution in [1.29, 1.82) is 0 Å². The number of furan rings is 1. The number of nitrogens with zero attached hydrogens (tertiary/aromatic N) is 1. The molecule has 0 bridgehead atoms. The van der Waals surface area contributed by atoms with Crippen LogP contribution in [-0.4, -0.2) is 29.1 Å². The molecule has 1 unspecified atom stereocenters. The number of halogens is 1. The standard InChI is InChI=1S/C17H18FNO3/c18-14-4-1-3-13(11-14)16(15-5-2-10-22-15)19-8-6-12(7-9-19)17(20)21/h1-5,10-12,16H,6-9H2,(H,20,21). The van der Waals surface area contributed by atoms with Crippen LogP contribution in [0.25, 0.3) is 0 Å². The largest absolute Gasteiger partial charge is 0.481 e. The van der Waals surface area contributed by atoms with Gasteiger partial charge in [-0.15, -0.1) is 0 Å². The molecule has 22 heavy (non-hydrogen) atoms. The average Bonchev–Trinajstić information content (AvgIpc) is 3.02. The predicted molar refractivity (Wildman–Crippen MR) is 78.9 cm³/mol. The zero-order valence-corrected chi connectivity index (χ0v) is 12.1. The van der Waals surface area contributed by atoms with Crippen LogP contribution >= 0.6 is 0 Å². The number of hydrogen-bond donors (Lipinski definition) is 1. The van der Waals surface area contributed by atoms with Crippen LogP contribution in [0.3, 0.4) is 0 Å². The van der Waals surface area contributed by atoms with E-state index >= 15 is 0 Å². The summed E-state index contributed by atoms with van der Waals surface area (Å²) in [5, 5.41) is 9.11. The molecule has 1 aromatic carbocycles. The number of carboxylic acid groups (broad SMARTS) is 1. The van der Waals surface area contributed by atoms with Crippen molar-refractivity contribution in [2.45, 2.75) is 18.9 Å². The maximum absolute atomic E-state index is 13.6. The van der Waals surface area contributed by atoms with Crippen molar-refractivity contribution < 1.29 is 18.7 Å². The number of aliphatic carboxylic acids is 1. The summed E-state index contributed by atoms with van der Waals surface area (Å²) < 4.78 is 19.1. The van der Waals surface area contributed by atoms with Gasteiger partial charge in [0.1, 0.15) is 11.6 Å². The normalized spacial score (nSPS) is 18.2. The molecule has 1 atom stereocenters. The Balaban J connectivity index is 1.86. The highest BCUT2D eigenvalue weighted by molar-refractivity contribution is 5.70. The van der Waals surface area contributed by atoms with Crippen LogP contribution in [-0.2, 0) is 4.79 Å². The third kappa shape index (κ3) is 3.04. The van der Waals surface area contributed by atoms with E-state index in [-0.39, 0.29) is 17.8 Å². The lowest BCUT2D eigenvalue weighted by atomic mass is 9.93. The summed E-state index contributed by atoms with van der Waals surface area (Å²) in [6, 6.07) is 9.99. The predicted octanol–water partition coefficient (Wildman–Crippen LogP) is 3.30. The number of hydrogen-bond acceptors (Lipinski definition) is 3. The van der Waals surface area contributed by atoms with Gasteiger partial charge >= 0.3 is 5.97 Å². The van der Waals surface area contributed by atoms with Crippen molar-refractivity contribution in [3.05, 3.63) is 59.8 Å². The summed E-state index contributed by atoms with van der Waals surface area (Å²) in [5.74, 6) is -0.560. The maximum Gasteiger partial charge on any atom is 0.306 e. The van der Waals surface area contributed by atoms with Crippen molar-refractivity contribution in [1.82, 2.24) is 4.90 Å². The summed E-state index contributed by atoms with van der Waals surface area (Å²) in [6.07, 6.45) is 2.80. The molecule has 1 aromatic heterocycles. The van der Waals surface area contributed by atoms with Crippen LogP contribution in [0, 0.1) is 11.7 Å². The highest BCUT2D eigenvalue weighted by Gasteiger charge is 2.31. The zero-order valence-electron chi connectivity index (χ0n) is 12.1. The van der Waals surface area contributed by atoms with E-state index < -0.39 is 5.97 Å². The van der Waals surface area contributed by atoms with E-state index in [1.54, 1.807) is 12.3 Å². The van der Waals surface area contributed by atoms with Gasteiger partial charge in [-0.2, -0.15) is 0 Å². The lowest BCUT2D eigenvalue weighted by molar-refractivity contribution is -0.143. The molecule has 1 fully saturated rings. The molecule has 116 valence electrons. The van der Waals surface area contributed by atoms with E-state index in [1.807, 2.05) is 18.2 Å². The van der Waals surface area contributed by atoms with Crippen LogP contribution in [0.4, 0.5) is 4.39 Å². The van der Waals surface area contributed by atoms with Gasteiger partial charge in [-0.3, -0.25) is 9.69 Å². The summed E-state index contributed by atoms with van der Waals surface area (Å²) >= 11 is 0. The van der Waals surface area contributed by atoms with Crippen molar-refractivity contribution in [3.8, 4) is 0 Å². The molecule has 0 saturated carbocycles. The fraction of sp³-hybridized carbons (Fsp3) is 0.353. The van der Waals surface area contributed by atoms with Crippen LogP contribution in [0.1, 0.15) is 30.2 Å². The molecule has 0 aliphatic carbocycles. The van der Waals surface area contributed by atoms with E-state index in [4.69, 9.17) is 9.52 Å². The zero-order chi connectivity index (χ0) is 15.5. The highest BCUT2D eigenvalue weighted by Crippen LogP contribution is 2.33. The minimum Gasteiger partial charge on any atom is -0.481 e. The number of benzene rings is 1. The molecule has 0 radical (unpaired) electrons. The molecule has 0 amide bonds. The van der Waals surface area contributed by atoms with Gasteiger partial charge in [-0.05, 0) is 55.8 Å². The molecular weight excluding hydrogens is 285 g/mol. The molecule has 1 N–H and O–H groups in total. The van der Waals surface area contributed by atoms with Gasteiger partial charge in [0.15, 0.2) is 0 Å². The maximum atomic E-state index is 13.6. The van der Waals surface area contributed by atoms with E-state index in [0.717, 1.165) is 11.3 Å². The van der Waals surface area contributed by atoms with Crippen LogP contribution < -0.4 is 0 Å². The summed E-state index contributed by atoms with van der Waals surface area (Å²) in [7, 11) is 0. The fourth-order valence-corrected chi connectivity index (χ4v) is 3.08. The van der Waals surface area contributed by atoms with Gasteiger partial charge in [-0.1, -0.05) is 12.1 Å². The summed E-state index contributed by atoms with van der Waals surface area (Å²) in [5.41, 5.74) is 0.823. The summed E-state index contributed by atoms with van der Waals surface area (Å²) in [4.78, 5) is 13.2. The molecule has 1 aliphatic heterocycles. The molecular formula is C17H18FNO3. The van der Waals surface area contributed by atoms with E-state index in [1.165, 1.54) is 12.1 Å². The fourth-order valence-electron chi connectivity index (χ4n) is 3.08. The lowest BCUT2D eigenvalue weighted by Crippen LogP contribution is -2.39. The molecule has 2 aromatic rings. The topological polar surface area (TPSA) is 53.7 Å². The quantitative estimate of drug-likeness (QED) is 0.941. The molecule has 0 spiro atoms. The Hall–Kier alpha value is -2.14. The van der Waals surface area contributed by atoms with Crippen molar-refractivity contribution in [2.75, 3.05) is 13.1 Å². The smallest absolute Gasteiger partial charge is 0.306 e. The Kier molecular flexibility index (Phi) is 4.24. The Bertz CT molecular complexity index is 633. The van der Waals surface area contributed by atoms with Crippen LogP contribution in [0.2, 0.25) is 0 Å². The Labute approximate surface area is 128 Å². The van der Waals surface area contributed by atoms with Gasteiger partial charge in [0.25, 0.3) is 0 Å². The molecule has 2 heterocycles. The number of rotatable bonds is 4. The first-order chi connectivity index (χ1) is 10.6. The number of carboxylic acids is 1. The molecule has 3 rings (SSSR count). The molecule has 4 nitrogen and oxygen atoms in total. The van der Waals surface area contributed by atoms with Crippen LogP contribution in [0.15, 0.2) is 47.1 Å².